The van der Waals surface area contributed by atoms with E-state index in [1.807, 2.05) is 30.0 Å². The molecule has 0 atom stereocenters. The lowest BCUT2D eigenvalue weighted by molar-refractivity contribution is 0.0876. The molecule has 1 aromatic rings. The van der Waals surface area contributed by atoms with Crippen molar-refractivity contribution in [1.29, 1.82) is 5.26 Å². The summed E-state index contributed by atoms with van der Waals surface area (Å²) in [5.41, 5.74) is 1.85. The highest BCUT2D eigenvalue weighted by atomic mass is 16.3. The van der Waals surface area contributed by atoms with Gasteiger partial charge in [0.25, 0.3) is 0 Å². The van der Waals surface area contributed by atoms with Crippen LogP contribution >= 0.6 is 0 Å². The lowest BCUT2D eigenvalue weighted by Crippen LogP contribution is -2.39. The molecule has 1 aromatic carbocycles. The molecular weight excluding hydrogens is 262 g/mol. The number of rotatable bonds is 7. The molecule has 0 heterocycles. The summed E-state index contributed by atoms with van der Waals surface area (Å²) >= 11 is 0. The van der Waals surface area contributed by atoms with Crippen molar-refractivity contribution >= 4 is 5.69 Å². The summed E-state index contributed by atoms with van der Waals surface area (Å²) in [7, 11) is 0. The highest BCUT2D eigenvalue weighted by Crippen LogP contribution is 2.23. The number of hydrogen-bond donors (Lipinski definition) is 2. The van der Waals surface area contributed by atoms with Crippen molar-refractivity contribution in [3.63, 3.8) is 0 Å². The Bertz CT molecular complexity index is 498. The van der Waals surface area contributed by atoms with Gasteiger partial charge in [-0.3, -0.25) is 0 Å². The van der Waals surface area contributed by atoms with E-state index in [-0.39, 0.29) is 0 Å². The fourth-order valence-electron chi connectivity index (χ4n) is 2.21. The first-order valence-electron chi connectivity index (χ1n) is 7.50. The molecule has 0 saturated heterocycles. The molecule has 0 fully saturated rings. The monoisotopic (exact) mass is 289 g/mol. The average Bonchev–Trinajstić information content (AvgIpc) is 2.41. The van der Waals surface area contributed by atoms with Crippen molar-refractivity contribution in [2.75, 3.05) is 18.0 Å². The summed E-state index contributed by atoms with van der Waals surface area (Å²) in [5.74, 6) is 0. The smallest absolute Gasteiger partial charge is 0.101 e. The molecule has 0 aliphatic carbocycles. The SMILES string of the molecule is CCN(CC(C)(C)O)c1ccc(CNC(C)C)cc1C#N. The Morgan fingerprint density at radius 3 is 2.52 bits per heavy atom. The van der Waals surface area contributed by atoms with Gasteiger partial charge in [0.15, 0.2) is 0 Å². The lowest BCUT2D eigenvalue weighted by atomic mass is 10.1. The van der Waals surface area contributed by atoms with Gasteiger partial charge in [-0.05, 0) is 38.5 Å². The maximum atomic E-state index is 10.0. The lowest BCUT2D eigenvalue weighted by Gasteiger charge is -2.30. The molecule has 0 aliphatic heterocycles. The second-order valence-electron chi connectivity index (χ2n) is 6.33. The van der Waals surface area contributed by atoms with Gasteiger partial charge < -0.3 is 15.3 Å². The topological polar surface area (TPSA) is 59.3 Å². The van der Waals surface area contributed by atoms with E-state index in [1.165, 1.54) is 0 Å². The second-order valence-corrected chi connectivity index (χ2v) is 6.33. The minimum absolute atomic E-state index is 0.414. The first-order valence-corrected chi connectivity index (χ1v) is 7.50. The molecule has 0 bridgehead atoms. The third-order valence-corrected chi connectivity index (χ3v) is 3.20. The number of likely N-dealkylation sites (N-methyl/N-ethyl adjacent to an activating group) is 1. The Morgan fingerprint density at radius 1 is 1.38 bits per heavy atom. The zero-order chi connectivity index (χ0) is 16.0. The summed E-state index contributed by atoms with van der Waals surface area (Å²) in [5, 5.41) is 22.8. The Morgan fingerprint density at radius 2 is 2.05 bits per heavy atom. The van der Waals surface area contributed by atoms with E-state index in [0.717, 1.165) is 24.3 Å². The van der Waals surface area contributed by atoms with Crippen LogP contribution in [0.3, 0.4) is 0 Å². The van der Waals surface area contributed by atoms with E-state index >= 15 is 0 Å². The Balaban J connectivity index is 2.99. The minimum atomic E-state index is -0.791. The van der Waals surface area contributed by atoms with Gasteiger partial charge in [0.1, 0.15) is 6.07 Å². The molecule has 4 heteroatoms. The molecule has 2 N–H and O–H groups in total. The quantitative estimate of drug-likeness (QED) is 0.810. The molecule has 116 valence electrons. The van der Waals surface area contributed by atoms with Crippen LogP contribution in [0.1, 0.15) is 45.7 Å². The largest absolute Gasteiger partial charge is 0.389 e. The van der Waals surface area contributed by atoms with Crippen molar-refractivity contribution in [2.45, 2.75) is 52.8 Å². The molecule has 4 nitrogen and oxygen atoms in total. The highest BCUT2D eigenvalue weighted by Gasteiger charge is 2.19. The fraction of sp³-hybridized carbons (Fsp3) is 0.588. The fourth-order valence-corrected chi connectivity index (χ4v) is 2.21. The van der Waals surface area contributed by atoms with E-state index in [4.69, 9.17) is 0 Å². The number of hydrogen-bond acceptors (Lipinski definition) is 4. The third-order valence-electron chi connectivity index (χ3n) is 3.20. The van der Waals surface area contributed by atoms with Crippen LogP contribution in [0.4, 0.5) is 5.69 Å². The van der Waals surface area contributed by atoms with Crippen LogP contribution in [0.5, 0.6) is 0 Å². The number of aliphatic hydroxyl groups is 1. The van der Waals surface area contributed by atoms with Gasteiger partial charge in [-0.2, -0.15) is 5.26 Å². The van der Waals surface area contributed by atoms with Crippen molar-refractivity contribution in [2.24, 2.45) is 0 Å². The molecule has 0 aliphatic rings. The summed E-state index contributed by atoms with van der Waals surface area (Å²) in [6.45, 7) is 11.8. The van der Waals surface area contributed by atoms with Gasteiger partial charge in [0.05, 0.1) is 16.9 Å². The minimum Gasteiger partial charge on any atom is -0.389 e. The molecular formula is C17H27N3O. The van der Waals surface area contributed by atoms with Crippen LogP contribution in [0.15, 0.2) is 18.2 Å². The first-order chi connectivity index (χ1) is 9.76. The van der Waals surface area contributed by atoms with E-state index < -0.39 is 5.60 Å². The number of anilines is 1. The van der Waals surface area contributed by atoms with Gasteiger partial charge in [-0.25, -0.2) is 0 Å². The van der Waals surface area contributed by atoms with Gasteiger partial charge in [0.2, 0.25) is 0 Å². The molecule has 1 rings (SSSR count). The summed E-state index contributed by atoms with van der Waals surface area (Å²) in [6.07, 6.45) is 0. The first kappa shape index (κ1) is 17.5. The Kier molecular flexibility index (Phi) is 6.19. The number of nitrogens with zero attached hydrogens (tertiary/aromatic N) is 2. The van der Waals surface area contributed by atoms with Gasteiger partial charge >= 0.3 is 0 Å². The number of nitriles is 1. The Hall–Kier alpha value is -1.57. The van der Waals surface area contributed by atoms with E-state index in [2.05, 4.69) is 25.2 Å². The van der Waals surface area contributed by atoms with Gasteiger partial charge in [-0.1, -0.05) is 19.9 Å². The van der Waals surface area contributed by atoms with Crippen molar-refractivity contribution in [3.05, 3.63) is 29.3 Å². The summed E-state index contributed by atoms with van der Waals surface area (Å²) in [4.78, 5) is 2.04. The predicted molar refractivity (Wildman–Crippen MR) is 87.3 cm³/mol. The summed E-state index contributed by atoms with van der Waals surface area (Å²) in [6, 6.07) is 8.63. The van der Waals surface area contributed by atoms with Crippen molar-refractivity contribution < 1.29 is 5.11 Å². The maximum Gasteiger partial charge on any atom is 0.101 e. The predicted octanol–water partition coefficient (Wildman–Crippen LogP) is 2.65. The zero-order valence-electron chi connectivity index (χ0n) is 13.8. The molecule has 0 amide bonds. The van der Waals surface area contributed by atoms with Crippen molar-refractivity contribution in [3.8, 4) is 6.07 Å². The van der Waals surface area contributed by atoms with E-state index in [0.29, 0.717) is 18.2 Å². The number of nitrogens with one attached hydrogen (secondary N) is 1. The van der Waals surface area contributed by atoms with Crippen LogP contribution in [0, 0.1) is 11.3 Å². The average molecular weight is 289 g/mol. The van der Waals surface area contributed by atoms with Crippen LogP contribution in [-0.4, -0.2) is 29.8 Å². The van der Waals surface area contributed by atoms with Gasteiger partial charge in [0, 0.05) is 25.7 Å². The Labute approximate surface area is 128 Å². The van der Waals surface area contributed by atoms with E-state index in [9.17, 15) is 10.4 Å². The van der Waals surface area contributed by atoms with Crippen LogP contribution in [0.2, 0.25) is 0 Å². The van der Waals surface area contributed by atoms with Crippen molar-refractivity contribution in [1.82, 2.24) is 5.32 Å². The maximum absolute atomic E-state index is 10.0. The van der Waals surface area contributed by atoms with Crippen LogP contribution < -0.4 is 10.2 Å². The third kappa shape index (κ3) is 5.74. The van der Waals surface area contributed by atoms with E-state index in [1.54, 1.807) is 13.8 Å². The summed E-state index contributed by atoms with van der Waals surface area (Å²) < 4.78 is 0. The molecule has 0 unspecified atom stereocenters. The van der Waals surface area contributed by atoms with Crippen LogP contribution in [-0.2, 0) is 6.54 Å². The standard InChI is InChI=1S/C17H27N3O/c1-6-20(12-17(4,5)21)16-8-7-14(9-15(16)10-18)11-19-13(2)3/h7-9,13,19,21H,6,11-12H2,1-5H3. The molecule has 0 spiro atoms. The highest BCUT2D eigenvalue weighted by molar-refractivity contribution is 5.60. The molecule has 0 radical (unpaired) electrons. The normalized spacial score (nSPS) is 11.5. The zero-order valence-corrected chi connectivity index (χ0v) is 13.8. The number of benzene rings is 1. The second kappa shape index (κ2) is 7.44. The van der Waals surface area contributed by atoms with Crippen LogP contribution in [0.25, 0.3) is 0 Å². The van der Waals surface area contributed by atoms with Gasteiger partial charge in [-0.15, -0.1) is 0 Å². The molecule has 0 aromatic heterocycles. The molecule has 21 heavy (non-hydrogen) atoms. The molecule has 0 saturated carbocycles.